The highest BCUT2D eigenvalue weighted by Gasteiger charge is 2.19. The summed E-state index contributed by atoms with van der Waals surface area (Å²) in [6.07, 6.45) is 2.28. The Morgan fingerprint density at radius 1 is 1.04 bits per heavy atom. The Hall–Kier alpha value is -2.44. The SMILES string of the molecule is CCCOS(=O)(=O)Cc1cc2ccccn2c(=O)c1-c1ccccc1. The second-order valence-corrected chi connectivity index (χ2v) is 7.37. The summed E-state index contributed by atoms with van der Waals surface area (Å²) < 4.78 is 31.0. The molecule has 130 valence electrons. The van der Waals surface area contributed by atoms with Gasteiger partial charge in [0.05, 0.1) is 12.2 Å². The van der Waals surface area contributed by atoms with Gasteiger partial charge < -0.3 is 0 Å². The largest absolute Gasteiger partial charge is 0.284 e. The van der Waals surface area contributed by atoms with Crippen molar-refractivity contribution in [2.24, 2.45) is 0 Å². The fraction of sp³-hybridized carbons (Fsp3) is 0.211. The van der Waals surface area contributed by atoms with Gasteiger partial charge in [0.15, 0.2) is 0 Å². The Morgan fingerprint density at radius 2 is 1.76 bits per heavy atom. The van der Waals surface area contributed by atoms with Gasteiger partial charge in [0.25, 0.3) is 15.7 Å². The molecule has 3 aromatic rings. The molecule has 0 fully saturated rings. The van der Waals surface area contributed by atoms with E-state index in [1.54, 1.807) is 36.5 Å². The summed E-state index contributed by atoms with van der Waals surface area (Å²) in [6.45, 7) is 1.98. The zero-order chi connectivity index (χ0) is 17.9. The van der Waals surface area contributed by atoms with Crippen molar-refractivity contribution >= 4 is 15.6 Å². The molecule has 3 rings (SSSR count). The van der Waals surface area contributed by atoms with Crippen molar-refractivity contribution in [2.75, 3.05) is 6.61 Å². The first kappa shape index (κ1) is 17.4. The molecule has 0 radical (unpaired) electrons. The van der Waals surface area contributed by atoms with E-state index in [4.69, 9.17) is 4.18 Å². The van der Waals surface area contributed by atoms with Gasteiger partial charge in [-0.1, -0.05) is 43.3 Å². The van der Waals surface area contributed by atoms with Crippen molar-refractivity contribution in [3.8, 4) is 11.1 Å². The molecular formula is C19H19NO4S. The molecule has 2 aromatic heterocycles. The van der Waals surface area contributed by atoms with E-state index in [1.165, 1.54) is 4.40 Å². The van der Waals surface area contributed by atoms with Gasteiger partial charge in [-0.2, -0.15) is 8.42 Å². The topological polar surface area (TPSA) is 64.8 Å². The third-order valence-corrected chi connectivity index (χ3v) is 5.02. The summed E-state index contributed by atoms with van der Waals surface area (Å²) in [5.41, 5.74) is 1.91. The van der Waals surface area contributed by atoms with Crippen molar-refractivity contribution in [3.63, 3.8) is 0 Å². The maximum absolute atomic E-state index is 13.0. The second kappa shape index (κ2) is 7.21. The number of nitrogens with zero attached hydrogens (tertiary/aromatic N) is 1. The minimum absolute atomic E-state index is 0.134. The monoisotopic (exact) mass is 357 g/mol. The van der Waals surface area contributed by atoms with Gasteiger partial charge in [-0.15, -0.1) is 0 Å². The molecule has 0 aliphatic rings. The zero-order valence-electron chi connectivity index (χ0n) is 13.9. The lowest BCUT2D eigenvalue weighted by molar-refractivity contribution is 0.317. The summed E-state index contributed by atoms with van der Waals surface area (Å²) in [5.74, 6) is -0.335. The van der Waals surface area contributed by atoms with E-state index in [2.05, 4.69) is 0 Å². The average Bonchev–Trinajstić information content (AvgIpc) is 2.61. The normalized spacial score (nSPS) is 11.7. The van der Waals surface area contributed by atoms with Gasteiger partial charge in [0.1, 0.15) is 5.75 Å². The van der Waals surface area contributed by atoms with Crippen LogP contribution in [0.15, 0.2) is 65.6 Å². The second-order valence-electron chi connectivity index (χ2n) is 5.74. The first-order valence-electron chi connectivity index (χ1n) is 8.07. The molecular weight excluding hydrogens is 338 g/mol. The fourth-order valence-corrected chi connectivity index (χ4v) is 3.85. The summed E-state index contributed by atoms with van der Waals surface area (Å²) in [5, 5.41) is 0. The van der Waals surface area contributed by atoms with Crippen LogP contribution < -0.4 is 5.56 Å². The van der Waals surface area contributed by atoms with Gasteiger partial charge in [0.2, 0.25) is 0 Å². The van der Waals surface area contributed by atoms with Crippen molar-refractivity contribution in [3.05, 3.63) is 76.7 Å². The standard InChI is InChI=1S/C19H19NO4S/c1-2-12-24-25(22,23)14-16-13-17-10-6-7-11-20(17)19(21)18(16)15-8-4-3-5-9-15/h3-11,13H,2,12,14H2,1H3. The van der Waals surface area contributed by atoms with Crippen LogP contribution in [0, 0.1) is 0 Å². The highest BCUT2D eigenvalue weighted by molar-refractivity contribution is 7.85. The number of rotatable bonds is 6. The number of hydrogen-bond acceptors (Lipinski definition) is 4. The number of fused-ring (bicyclic) bond motifs is 1. The average molecular weight is 357 g/mol. The van der Waals surface area contributed by atoms with Crippen molar-refractivity contribution in [2.45, 2.75) is 19.1 Å². The van der Waals surface area contributed by atoms with E-state index >= 15 is 0 Å². The molecule has 0 saturated heterocycles. The summed E-state index contributed by atoms with van der Waals surface area (Å²) in [4.78, 5) is 13.0. The third-order valence-electron chi connectivity index (χ3n) is 3.83. The summed E-state index contributed by atoms with van der Waals surface area (Å²) in [6, 6.07) is 16.2. The minimum Gasteiger partial charge on any atom is -0.284 e. The first-order valence-corrected chi connectivity index (χ1v) is 9.65. The maximum atomic E-state index is 13.0. The lowest BCUT2D eigenvalue weighted by Crippen LogP contribution is -2.20. The molecule has 0 saturated carbocycles. The smallest absolute Gasteiger partial charge is 0.271 e. The van der Waals surface area contributed by atoms with Gasteiger partial charge >= 0.3 is 0 Å². The van der Waals surface area contributed by atoms with Gasteiger partial charge in [-0.05, 0) is 35.7 Å². The molecule has 0 amide bonds. The molecule has 2 heterocycles. The van der Waals surface area contributed by atoms with Crippen LogP contribution in [0.3, 0.4) is 0 Å². The van der Waals surface area contributed by atoms with Crippen LogP contribution in [0.2, 0.25) is 0 Å². The number of aromatic nitrogens is 1. The lowest BCUT2D eigenvalue weighted by Gasteiger charge is -2.12. The van der Waals surface area contributed by atoms with Gasteiger partial charge in [-0.25, -0.2) is 0 Å². The first-order chi connectivity index (χ1) is 12.0. The van der Waals surface area contributed by atoms with Crippen LogP contribution in [0.25, 0.3) is 16.6 Å². The summed E-state index contributed by atoms with van der Waals surface area (Å²) in [7, 11) is -3.76. The molecule has 5 nitrogen and oxygen atoms in total. The maximum Gasteiger partial charge on any atom is 0.271 e. The number of hydrogen-bond donors (Lipinski definition) is 0. The van der Waals surface area contributed by atoms with Crippen LogP contribution in [0.4, 0.5) is 0 Å². The third kappa shape index (κ3) is 3.81. The van der Waals surface area contributed by atoms with E-state index in [1.807, 2.05) is 31.2 Å². The van der Waals surface area contributed by atoms with E-state index in [0.717, 1.165) is 0 Å². The van der Waals surface area contributed by atoms with Crippen LogP contribution in [-0.2, 0) is 20.1 Å². The van der Waals surface area contributed by atoms with Gasteiger partial charge in [-0.3, -0.25) is 13.4 Å². The van der Waals surface area contributed by atoms with Crippen LogP contribution >= 0.6 is 0 Å². The van der Waals surface area contributed by atoms with Crippen LogP contribution in [0.1, 0.15) is 18.9 Å². The minimum atomic E-state index is -3.76. The van der Waals surface area contributed by atoms with Gasteiger partial charge in [0, 0.05) is 11.7 Å². The highest BCUT2D eigenvalue weighted by Crippen LogP contribution is 2.23. The molecule has 0 unspecified atom stereocenters. The Kier molecular flexibility index (Phi) is 5.01. The Balaban J connectivity index is 2.21. The van der Waals surface area contributed by atoms with Crippen LogP contribution in [-0.4, -0.2) is 19.4 Å². The zero-order valence-corrected chi connectivity index (χ0v) is 14.7. The van der Waals surface area contributed by atoms with Crippen molar-refractivity contribution in [1.82, 2.24) is 4.40 Å². The Morgan fingerprint density at radius 3 is 2.48 bits per heavy atom. The van der Waals surface area contributed by atoms with Crippen molar-refractivity contribution < 1.29 is 12.6 Å². The van der Waals surface area contributed by atoms with E-state index in [-0.39, 0.29) is 17.9 Å². The molecule has 0 N–H and O–H groups in total. The predicted octanol–water partition coefficient (Wildman–Crippen LogP) is 3.22. The molecule has 0 bridgehead atoms. The van der Waals surface area contributed by atoms with E-state index in [9.17, 15) is 13.2 Å². The predicted molar refractivity (Wildman–Crippen MR) is 98.0 cm³/mol. The molecule has 0 spiro atoms. The van der Waals surface area contributed by atoms with E-state index in [0.29, 0.717) is 28.6 Å². The molecule has 25 heavy (non-hydrogen) atoms. The fourth-order valence-electron chi connectivity index (χ4n) is 2.74. The molecule has 6 heteroatoms. The lowest BCUT2D eigenvalue weighted by atomic mass is 10.0. The van der Waals surface area contributed by atoms with E-state index < -0.39 is 10.1 Å². The quantitative estimate of drug-likeness (QED) is 0.636. The number of benzene rings is 1. The molecule has 0 aliphatic heterocycles. The summed E-state index contributed by atoms with van der Waals surface area (Å²) >= 11 is 0. The Labute approximate surface area is 146 Å². The molecule has 0 aliphatic carbocycles. The highest BCUT2D eigenvalue weighted by atomic mass is 32.2. The van der Waals surface area contributed by atoms with Crippen molar-refractivity contribution in [1.29, 1.82) is 0 Å². The Bertz CT molecular complexity index is 1040. The molecule has 0 atom stereocenters. The molecule has 1 aromatic carbocycles. The van der Waals surface area contributed by atoms with Crippen LogP contribution in [0.5, 0.6) is 0 Å². The number of pyridine rings is 2.